The highest BCUT2D eigenvalue weighted by Crippen LogP contribution is 2.33. The van der Waals surface area contributed by atoms with E-state index in [0.29, 0.717) is 28.8 Å². The van der Waals surface area contributed by atoms with Gasteiger partial charge in [-0.05, 0) is 46.3 Å². The summed E-state index contributed by atoms with van der Waals surface area (Å²) in [5.74, 6) is 0.00697. The molecule has 176 valence electrons. The van der Waals surface area contributed by atoms with Gasteiger partial charge >= 0.3 is 10.2 Å². The summed E-state index contributed by atoms with van der Waals surface area (Å²) in [7, 11) is -5.07. The van der Waals surface area contributed by atoms with Gasteiger partial charge in [0, 0.05) is 25.7 Å². The van der Waals surface area contributed by atoms with Crippen molar-refractivity contribution in [3.05, 3.63) is 47.8 Å². The second-order valence-corrected chi connectivity index (χ2v) is 11.7. The van der Waals surface area contributed by atoms with Gasteiger partial charge in [0.15, 0.2) is 0 Å². The van der Waals surface area contributed by atoms with E-state index in [2.05, 4.69) is 16.6 Å². The molecule has 0 spiro atoms. The molecule has 0 aliphatic carbocycles. The summed E-state index contributed by atoms with van der Waals surface area (Å²) >= 11 is 0. The van der Waals surface area contributed by atoms with Crippen LogP contribution in [-0.2, 0) is 25.8 Å². The van der Waals surface area contributed by atoms with Crippen molar-refractivity contribution in [2.24, 2.45) is 0 Å². The SMILES string of the molecule is C=C(NS(=O)(=O)N(CCCNC)S(C)(=O)=O)N(C)C(C)(CC(C)=N)c1cccc(C)c1. The molecule has 1 aromatic carbocycles. The first-order chi connectivity index (χ1) is 14.1. The van der Waals surface area contributed by atoms with Crippen molar-refractivity contribution in [2.75, 3.05) is 33.4 Å². The standard InChI is InChI=1S/C20H35N5O4S2/c1-16-10-8-11-19(14-16)20(4,15-17(2)21)24(6)18(3)23-31(28,29)25(30(7,26)27)13-9-12-22-5/h8,10-11,14,21-23H,3,9,12-13,15H2,1-2,4-7H3. The fourth-order valence-corrected chi connectivity index (χ4v) is 6.23. The molecule has 0 aliphatic rings. The van der Waals surface area contributed by atoms with Gasteiger partial charge in [0.1, 0.15) is 5.82 Å². The van der Waals surface area contributed by atoms with Crippen molar-refractivity contribution >= 4 is 25.9 Å². The fourth-order valence-electron chi connectivity index (χ4n) is 3.33. The van der Waals surface area contributed by atoms with E-state index in [1.54, 1.807) is 25.9 Å². The maximum Gasteiger partial charge on any atom is 0.315 e. The number of aryl methyl sites for hydroxylation is 1. The van der Waals surface area contributed by atoms with Crippen LogP contribution < -0.4 is 10.0 Å². The molecule has 0 bridgehead atoms. The average molecular weight is 474 g/mol. The molecule has 3 N–H and O–H groups in total. The molecule has 0 aromatic heterocycles. The average Bonchev–Trinajstić information content (AvgIpc) is 2.62. The predicted molar refractivity (Wildman–Crippen MR) is 126 cm³/mol. The Morgan fingerprint density at radius 1 is 1.26 bits per heavy atom. The number of benzene rings is 1. The molecule has 1 unspecified atom stereocenters. The molecule has 1 rings (SSSR count). The van der Waals surface area contributed by atoms with Crippen molar-refractivity contribution in [1.82, 2.24) is 18.6 Å². The lowest BCUT2D eigenvalue weighted by Gasteiger charge is -2.42. The quantitative estimate of drug-likeness (QED) is 0.296. The molecular weight excluding hydrogens is 438 g/mol. The summed E-state index contributed by atoms with van der Waals surface area (Å²) in [4.78, 5) is 1.63. The Hall–Kier alpha value is -1.95. The molecule has 0 amide bonds. The lowest BCUT2D eigenvalue weighted by atomic mass is 9.84. The molecule has 0 fully saturated rings. The van der Waals surface area contributed by atoms with Gasteiger partial charge in [-0.1, -0.05) is 40.1 Å². The van der Waals surface area contributed by atoms with Crippen molar-refractivity contribution in [2.45, 2.75) is 39.2 Å². The minimum Gasteiger partial charge on any atom is -0.351 e. The van der Waals surface area contributed by atoms with Gasteiger partial charge < -0.3 is 15.6 Å². The summed E-state index contributed by atoms with van der Waals surface area (Å²) in [6.07, 6.45) is 1.50. The number of hydrogen-bond donors (Lipinski definition) is 3. The third kappa shape index (κ3) is 7.30. The van der Waals surface area contributed by atoms with Crippen molar-refractivity contribution < 1.29 is 16.8 Å². The van der Waals surface area contributed by atoms with Crippen LogP contribution in [0.3, 0.4) is 0 Å². The van der Waals surface area contributed by atoms with Gasteiger partial charge in [0.05, 0.1) is 11.8 Å². The van der Waals surface area contributed by atoms with Gasteiger partial charge in [-0.25, -0.2) is 8.42 Å². The first-order valence-electron chi connectivity index (χ1n) is 9.84. The third-order valence-electron chi connectivity index (χ3n) is 5.05. The van der Waals surface area contributed by atoms with E-state index in [1.807, 2.05) is 38.1 Å². The molecule has 0 saturated heterocycles. The zero-order valence-electron chi connectivity index (χ0n) is 19.2. The Kier molecular flexibility index (Phi) is 9.24. The molecule has 9 nitrogen and oxygen atoms in total. The second kappa shape index (κ2) is 10.6. The number of nitrogens with zero attached hydrogens (tertiary/aromatic N) is 2. The summed E-state index contributed by atoms with van der Waals surface area (Å²) in [5, 5.41) is 10.9. The van der Waals surface area contributed by atoms with E-state index in [1.165, 1.54) is 0 Å². The van der Waals surface area contributed by atoms with E-state index in [4.69, 9.17) is 5.41 Å². The van der Waals surface area contributed by atoms with Crippen molar-refractivity contribution in [3.8, 4) is 0 Å². The van der Waals surface area contributed by atoms with Gasteiger partial charge in [-0.2, -0.15) is 8.42 Å². The van der Waals surface area contributed by atoms with Crippen molar-refractivity contribution in [3.63, 3.8) is 0 Å². The van der Waals surface area contributed by atoms with E-state index < -0.39 is 25.8 Å². The van der Waals surface area contributed by atoms with Crippen LogP contribution in [0, 0.1) is 12.3 Å². The lowest BCUT2D eigenvalue weighted by Crippen LogP contribution is -2.50. The highest BCUT2D eigenvalue weighted by Gasteiger charge is 2.36. The van der Waals surface area contributed by atoms with Crippen LogP contribution in [0.1, 0.15) is 37.8 Å². The maximum absolute atomic E-state index is 12.9. The predicted octanol–water partition coefficient (Wildman–Crippen LogP) is 1.75. The molecule has 0 heterocycles. The van der Waals surface area contributed by atoms with Crippen LogP contribution in [0.4, 0.5) is 0 Å². The Morgan fingerprint density at radius 2 is 1.87 bits per heavy atom. The van der Waals surface area contributed by atoms with E-state index in [0.717, 1.165) is 17.4 Å². The first kappa shape index (κ1) is 27.1. The summed E-state index contributed by atoms with van der Waals surface area (Å²) in [5.41, 5.74) is 1.55. The zero-order valence-corrected chi connectivity index (χ0v) is 20.8. The van der Waals surface area contributed by atoms with E-state index >= 15 is 0 Å². The van der Waals surface area contributed by atoms with Crippen LogP contribution in [0.2, 0.25) is 0 Å². The smallest absolute Gasteiger partial charge is 0.315 e. The summed E-state index contributed by atoms with van der Waals surface area (Å²) in [6, 6.07) is 7.74. The highest BCUT2D eigenvalue weighted by atomic mass is 32.3. The minimum atomic E-state index is -4.41. The van der Waals surface area contributed by atoms with E-state index in [9.17, 15) is 16.8 Å². The normalized spacial score (nSPS) is 14.2. The fraction of sp³-hybridized carbons (Fsp3) is 0.550. The Balaban J connectivity index is 3.26. The number of nitrogens with one attached hydrogen (secondary N) is 3. The summed E-state index contributed by atoms with van der Waals surface area (Å²) < 4.78 is 52.9. The van der Waals surface area contributed by atoms with Crippen LogP contribution in [-0.4, -0.2) is 64.6 Å². The molecule has 31 heavy (non-hydrogen) atoms. The molecule has 1 aromatic rings. The van der Waals surface area contributed by atoms with Gasteiger partial charge in [0.25, 0.3) is 0 Å². The topological polar surface area (TPSA) is 123 Å². The minimum absolute atomic E-state index is 0.00697. The second-order valence-electron chi connectivity index (χ2n) is 7.93. The first-order valence-corrected chi connectivity index (χ1v) is 13.1. The largest absolute Gasteiger partial charge is 0.351 e. The van der Waals surface area contributed by atoms with Crippen LogP contribution >= 0.6 is 0 Å². The third-order valence-corrected chi connectivity index (χ3v) is 8.58. The Labute approximate surface area is 187 Å². The van der Waals surface area contributed by atoms with E-state index in [-0.39, 0.29) is 12.4 Å². The maximum atomic E-state index is 12.9. The van der Waals surface area contributed by atoms with Crippen LogP contribution in [0.5, 0.6) is 0 Å². The Morgan fingerprint density at radius 3 is 2.35 bits per heavy atom. The molecule has 0 aliphatic heterocycles. The molecule has 0 saturated carbocycles. The molecule has 0 radical (unpaired) electrons. The number of rotatable bonds is 13. The number of sulfonamides is 1. The van der Waals surface area contributed by atoms with Crippen molar-refractivity contribution in [1.29, 1.82) is 5.41 Å². The van der Waals surface area contributed by atoms with Gasteiger partial charge in [-0.3, -0.25) is 4.72 Å². The van der Waals surface area contributed by atoms with Gasteiger partial charge in [-0.15, -0.1) is 0 Å². The molecular formula is C20H35N5O4S2. The Bertz CT molecular complexity index is 1010. The zero-order chi connectivity index (χ0) is 24.0. The molecule has 1 atom stereocenters. The highest BCUT2D eigenvalue weighted by molar-refractivity contribution is 8.02. The summed E-state index contributed by atoms with van der Waals surface area (Å²) in [6.45, 7) is 9.65. The van der Waals surface area contributed by atoms with Gasteiger partial charge in [0.2, 0.25) is 10.0 Å². The molecule has 11 heteroatoms. The van der Waals surface area contributed by atoms with Crippen LogP contribution in [0.15, 0.2) is 36.7 Å². The monoisotopic (exact) mass is 473 g/mol. The number of hydrogen-bond acceptors (Lipinski definition) is 7. The van der Waals surface area contributed by atoms with Crippen LogP contribution in [0.25, 0.3) is 0 Å². The lowest BCUT2D eigenvalue weighted by molar-refractivity contribution is 0.185.